The molecule has 1 aromatic heterocycles. The number of aryl methyl sites for hydroxylation is 1. The zero-order chi connectivity index (χ0) is 16.8. The molecule has 0 radical (unpaired) electrons. The van der Waals surface area contributed by atoms with Crippen LogP contribution in [0.2, 0.25) is 0 Å². The predicted molar refractivity (Wildman–Crippen MR) is 94.4 cm³/mol. The molecule has 0 spiro atoms. The summed E-state index contributed by atoms with van der Waals surface area (Å²) in [6.07, 6.45) is 5.68. The molecule has 0 saturated carbocycles. The van der Waals surface area contributed by atoms with Gasteiger partial charge in [0.15, 0.2) is 0 Å². The van der Waals surface area contributed by atoms with E-state index in [1.165, 1.54) is 11.1 Å². The first-order valence-electron chi connectivity index (χ1n) is 8.76. The average molecular weight is 324 g/mol. The van der Waals surface area contributed by atoms with E-state index in [1.54, 1.807) is 4.90 Å². The van der Waals surface area contributed by atoms with Crippen molar-refractivity contribution in [3.05, 3.63) is 65.5 Å². The molecule has 3 rings (SSSR count). The molecule has 24 heavy (non-hydrogen) atoms. The van der Waals surface area contributed by atoms with Crippen LogP contribution in [0.5, 0.6) is 0 Å². The Morgan fingerprint density at radius 1 is 1.17 bits per heavy atom. The molecular formula is C20H26N3O+. The largest absolute Gasteiger partial charge is 0.352 e. The number of carbonyl (C=O) groups is 1. The van der Waals surface area contributed by atoms with Gasteiger partial charge < -0.3 is 10.2 Å². The summed E-state index contributed by atoms with van der Waals surface area (Å²) < 4.78 is 0. The number of nitrogens with zero attached hydrogens (tertiary/aromatic N) is 1. The van der Waals surface area contributed by atoms with Crippen LogP contribution in [0.15, 0.2) is 48.8 Å². The molecule has 1 fully saturated rings. The van der Waals surface area contributed by atoms with Gasteiger partial charge in [0.05, 0.1) is 13.1 Å². The molecule has 1 aromatic carbocycles. The molecule has 2 aromatic rings. The van der Waals surface area contributed by atoms with E-state index in [0.29, 0.717) is 6.54 Å². The Bertz CT molecular complexity index is 646. The Kier molecular flexibility index (Phi) is 5.59. The minimum absolute atomic E-state index is 0.160. The highest BCUT2D eigenvalue weighted by Crippen LogP contribution is 2.11. The number of pyridine rings is 1. The number of likely N-dealkylation sites (tertiary alicyclic amines) is 1. The maximum Gasteiger partial charge on any atom is 0.223 e. The van der Waals surface area contributed by atoms with Crippen molar-refractivity contribution in [2.24, 2.45) is 5.92 Å². The first-order chi connectivity index (χ1) is 11.7. The number of quaternary nitrogens is 1. The molecule has 0 aliphatic carbocycles. The van der Waals surface area contributed by atoms with Gasteiger partial charge in [0.2, 0.25) is 5.91 Å². The van der Waals surface area contributed by atoms with Gasteiger partial charge in [-0.1, -0.05) is 35.9 Å². The standard InChI is InChI=1S/C20H25N3O/c1-16-4-6-17(7-5-16)14-22-20(24)19-8-11-23(12-9-19)15-18-3-2-10-21-13-18/h2-7,10,13,19H,8-9,11-12,14-15H2,1H3,(H,22,24)/p+1. The zero-order valence-corrected chi connectivity index (χ0v) is 14.3. The minimum atomic E-state index is 0.160. The number of benzene rings is 1. The lowest BCUT2D eigenvalue weighted by Crippen LogP contribution is -3.11. The molecule has 1 amide bonds. The zero-order valence-electron chi connectivity index (χ0n) is 14.3. The second kappa shape index (κ2) is 8.06. The summed E-state index contributed by atoms with van der Waals surface area (Å²) in [5.74, 6) is 0.365. The Balaban J connectivity index is 1.42. The van der Waals surface area contributed by atoms with Gasteiger partial charge in [0, 0.05) is 43.3 Å². The number of aromatic nitrogens is 1. The number of nitrogens with one attached hydrogen (secondary N) is 2. The van der Waals surface area contributed by atoms with Crippen molar-refractivity contribution in [3.8, 4) is 0 Å². The van der Waals surface area contributed by atoms with Gasteiger partial charge in [-0.05, 0) is 18.6 Å². The smallest absolute Gasteiger partial charge is 0.223 e. The topological polar surface area (TPSA) is 46.4 Å². The van der Waals surface area contributed by atoms with Crippen LogP contribution >= 0.6 is 0 Å². The lowest BCUT2D eigenvalue weighted by atomic mass is 9.95. The summed E-state index contributed by atoms with van der Waals surface area (Å²) in [6.45, 7) is 5.81. The van der Waals surface area contributed by atoms with E-state index >= 15 is 0 Å². The minimum Gasteiger partial charge on any atom is -0.352 e. The van der Waals surface area contributed by atoms with Crippen LogP contribution in [0.3, 0.4) is 0 Å². The first kappa shape index (κ1) is 16.7. The maximum absolute atomic E-state index is 12.4. The Hall–Kier alpha value is -2.20. The van der Waals surface area contributed by atoms with Crippen LogP contribution in [0.25, 0.3) is 0 Å². The third-order valence-corrected chi connectivity index (χ3v) is 4.83. The fourth-order valence-corrected chi connectivity index (χ4v) is 3.30. The Morgan fingerprint density at radius 2 is 1.92 bits per heavy atom. The van der Waals surface area contributed by atoms with Crippen molar-refractivity contribution in [2.75, 3.05) is 13.1 Å². The predicted octanol–water partition coefficient (Wildman–Crippen LogP) is 1.50. The molecular weight excluding hydrogens is 298 g/mol. The van der Waals surface area contributed by atoms with E-state index in [9.17, 15) is 4.79 Å². The number of amides is 1. The first-order valence-corrected chi connectivity index (χ1v) is 8.76. The molecule has 126 valence electrons. The fourth-order valence-electron chi connectivity index (χ4n) is 3.30. The quantitative estimate of drug-likeness (QED) is 0.876. The van der Waals surface area contributed by atoms with Crippen molar-refractivity contribution in [3.63, 3.8) is 0 Å². The summed E-state index contributed by atoms with van der Waals surface area (Å²) >= 11 is 0. The van der Waals surface area contributed by atoms with Crippen LogP contribution in [0, 0.1) is 12.8 Å². The van der Waals surface area contributed by atoms with E-state index in [2.05, 4.69) is 47.6 Å². The molecule has 1 aliphatic heterocycles. The molecule has 0 bridgehead atoms. The third kappa shape index (κ3) is 4.65. The lowest BCUT2D eigenvalue weighted by molar-refractivity contribution is -0.919. The normalized spacial score (nSPS) is 20.5. The van der Waals surface area contributed by atoms with E-state index in [0.717, 1.165) is 38.0 Å². The second-order valence-corrected chi connectivity index (χ2v) is 6.77. The number of piperidine rings is 1. The summed E-state index contributed by atoms with van der Waals surface area (Å²) in [6, 6.07) is 12.4. The highest BCUT2D eigenvalue weighted by Gasteiger charge is 2.27. The summed E-state index contributed by atoms with van der Waals surface area (Å²) in [5.41, 5.74) is 3.68. The van der Waals surface area contributed by atoms with E-state index < -0.39 is 0 Å². The molecule has 2 heterocycles. The van der Waals surface area contributed by atoms with Crippen LogP contribution in [0.1, 0.15) is 29.5 Å². The van der Waals surface area contributed by atoms with Crippen molar-refractivity contribution in [2.45, 2.75) is 32.9 Å². The number of rotatable bonds is 5. The number of hydrogen-bond acceptors (Lipinski definition) is 2. The monoisotopic (exact) mass is 324 g/mol. The van der Waals surface area contributed by atoms with E-state index in [-0.39, 0.29) is 11.8 Å². The van der Waals surface area contributed by atoms with Gasteiger partial charge in [0.25, 0.3) is 0 Å². The number of hydrogen-bond donors (Lipinski definition) is 2. The molecule has 0 atom stereocenters. The van der Waals surface area contributed by atoms with Crippen molar-refractivity contribution in [1.29, 1.82) is 0 Å². The third-order valence-electron chi connectivity index (χ3n) is 4.83. The van der Waals surface area contributed by atoms with Gasteiger partial charge in [-0.3, -0.25) is 9.78 Å². The average Bonchev–Trinajstić information content (AvgIpc) is 2.62. The van der Waals surface area contributed by atoms with Crippen LogP contribution < -0.4 is 10.2 Å². The van der Waals surface area contributed by atoms with Gasteiger partial charge in [-0.15, -0.1) is 0 Å². The maximum atomic E-state index is 12.4. The summed E-state index contributed by atoms with van der Waals surface area (Å²) in [4.78, 5) is 18.1. The molecule has 2 N–H and O–H groups in total. The molecule has 4 nitrogen and oxygen atoms in total. The lowest BCUT2D eigenvalue weighted by Gasteiger charge is -2.28. The molecule has 4 heteroatoms. The van der Waals surface area contributed by atoms with Crippen LogP contribution in [-0.2, 0) is 17.9 Å². The van der Waals surface area contributed by atoms with Gasteiger partial charge >= 0.3 is 0 Å². The van der Waals surface area contributed by atoms with E-state index in [1.807, 2.05) is 18.5 Å². The molecule has 1 saturated heterocycles. The Morgan fingerprint density at radius 3 is 2.58 bits per heavy atom. The molecule has 0 unspecified atom stereocenters. The van der Waals surface area contributed by atoms with Crippen LogP contribution in [-0.4, -0.2) is 24.0 Å². The van der Waals surface area contributed by atoms with E-state index in [4.69, 9.17) is 0 Å². The highest BCUT2D eigenvalue weighted by atomic mass is 16.1. The van der Waals surface area contributed by atoms with Gasteiger partial charge in [-0.25, -0.2) is 0 Å². The van der Waals surface area contributed by atoms with Gasteiger partial charge in [-0.2, -0.15) is 0 Å². The van der Waals surface area contributed by atoms with Crippen molar-refractivity contribution >= 4 is 5.91 Å². The SMILES string of the molecule is Cc1ccc(CNC(=O)C2CC[NH+](Cc3cccnc3)CC2)cc1. The second-order valence-electron chi connectivity index (χ2n) is 6.77. The van der Waals surface area contributed by atoms with Crippen molar-refractivity contribution in [1.82, 2.24) is 10.3 Å². The Labute approximate surface area is 143 Å². The summed E-state index contributed by atoms with van der Waals surface area (Å²) in [7, 11) is 0. The number of carbonyl (C=O) groups excluding carboxylic acids is 1. The molecule has 1 aliphatic rings. The summed E-state index contributed by atoms with van der Waals surface area (Å²) in [5, 5.41) is 3.09. The van der Waals surface area contributed by atoms with Crippen molar-refractivity contribution < 1.29 is 9.69 Å². The fraction of sp³-hybridized carbons (Fsp3) is 0.400. The van der Waals surface area contributed by atoms with Gasteiger partial charge in [0.1, 0.15) is 6.54 Å². The highest BCUT2D eigenvalue weighted by molar-refractivity contribution is 5.78. The van der Waals surface area contributed by atoms with Crippen LogP contribution in [0.4, 0.5) is 0 Å².